The largest absolute Gasteiger partial charge is 0.383 e. The van der Waals surface area contributed by atoms with E-state index in [1.54, 1.807) is 6.20 Å². The highest BCUT2D eigenvalue weighted by Gasteiger charge is 2.21. The Hall–Kier alpha value is -2.40. The summed E-state index contributed by atoms with van der Waals surface area (Å²) in [6.07, 6.45) is 5.97. The Labute approximate surface area is 149 Å². The van der Waals surface area contributed by atoms with Gasteiger partial charge in [-0.2, -0.15) is 5.10 Å². The maximum absolute atomic E-state index is 5.97. The van der Waals surface area contributed by atoms with E-state index in [1.165, 1.54) is 17.5 Å². The quantitative estimate of drug-likeness (QED) is 0.748. The molecule has 0 spiro atoms. The van der Waals surface area contributed by atoms with Crippen LogP contribution in [0.2, 0.25) is 0 Å². The standard InChI is InChI=1S/C20H26N4O/c1-2-3-11-25-15-17-8-6-16(7-9-17)13-24-14-18(12-23-24)19-5-4-10-22-20(19)21/h4-10,12,18H,2-3,11,13-15H2,1H3,(H2,21,22). The van der Waals surface area contributed by atoms with Crippen molar-refractivity contribution in [1.82, 2.24) is 9.99 Å². The third-order valence-electron chi connectivity index (χ3n) is 4.39. The Morgan fingerprint density at radius 2 is 2.00 bits per heavy atom. The van der Waals surface area contributed by atoms with Crippen molar-refractivity contribution in [1.29, 1.82) is 0 Å². The molecule has 0 saturated heterocycles. The first-order chi connectivity index (χ1) is 12.3. The van der Waals surface area contributed by atoms with Gasteiger partial charge in [0.25, 0.3) is 0 Å². The first-order valence-corrected chi connectivity index (χ1v) is 8.91. The van der Waals surface area contributed by atoms with Crippen molar-refractivity contribution in [3.63, 3.8) is 0 Å². The summed E-state index contributed by atoms with van der Waals surface area (Å²) in [4.78, 5) is 4.16. The van der Waals surface area contributed by atoms with Gasteiger partial charge in [0.05, 0.1) is 13.2 Å². The highest BCUT2D eigenvalue weighted by Crippen LogP contribution is 2.25. The molecular weight excluding hydrogens is 312 g/mol. The van der Waals surface area contributed by atoms with Crippen LogP contribution in [-0.4, -0.2) is 29.4 Å². The van der Waals surface area contributed by atoms with E-state index in [0.717, 1.165) is 31.7 Å². The fraction of sp³-hybridized carbons (Fsp3) is 0.400. The van der Waals surface area contributed by atoms with Crippen LogP contribution in [0.4, 0.5) is 5.82 Å². The van der Waals surface area contributed by atoms with Crippen molar-refractivity contribution >= 4 is 12.0 Å². The molecular formula is C20H26N4O. The lowest BCUT2D eigenvalue weighted by Crippen LogP contribution is -2.18. The fourth-order valence-corrected chi connectivity index (χ4v) is 2.91. The van der Waals surface area contributed by atoms with Crippen molar-refractivity contribution in [2.24, 2.45) is 5.10 Å². The van der Waals surface area contributed by atoms with Crippen LogP contribution in [-0.2, 0) is 17.9 Å². The average molecular weight is 338 g/mol. The van der Waals surface area contributed by atoms with Crippen LogP contribution in [0.15, 0.2) is 47.7 Å². The molecule has 25 heavy (non-hydrogen) atoms. The molecule has 1 aliphatic heterocycles. The van der Waals surface area contributed by atoms with Crippen LogP contribution in [0.3, 0.4) is 0 Å². The molecule has 1 aliphatic rings. The zero-order valence-corrected chi connectivity index (χ0v) is 14.8. The molecule has 0 fully saturated rings. The highest BCUT2D eigenvalue weighted by atomic mass is 16.5. The first kappa shape index (κ1) is 17.4. The highest BCUT2D eigenvalue weighted by molar-refractivity contribution is 5.72. The Balaban J connectivity index is 1.50. The summed E-state index contributed by atoms with van der Waals surface area (Å²) in [5.41, 5.74) is 9.48. The predicted molar refractivity (Wildman–Crippen MR) is 101 cm³/mol. The topological polar surface area (TPSA) is 63.7 Å². The first-order valence-electron chi connectivity index (χ1n) is 8.91. The molecule has 1 atom stereocenters. The third-order valence-corrected chi connectivity index (χ3v) is 4.39. The normalized spacial score (nSPS) is 16.5. The molecule has 2 N–H and O–H groups in total. The number of nitrogens with zero attached hydrogens (tertiary/aromatic N) is 3. The van der Waals surface area contributed by atoms with Gasteiger partial charge in [-0.3, -0.25) is 5.01 Å². The molecule has 0 radical (unpaired) electrons. The van der Waals surface area contributed by atoms with E-state index in [-0.39, 0.29) is 5.92 Å². The molecule has 5 heteroatoms. The molecule has 2 aromatic rings. The molecule has 0 saturated carbocycles. The smallest absolute Gasteiger partial charge is 0.127 e. The number of ether oxygens (including phenoxy) is 1. The number of pyridine rings is 1. The second kappa shape index (κ2) is 8.62. The molecule has 132 valence electrons. The molecule has 3 rings (SSSR count). The van der Waals surface area contributed by atoms with Crippen molar-refractivity contribution < 1.29 is 4.74 Å². The Bertz CT molecular complexity index is 699. The van der Waals surface area contributed by atoms with E-state index in [1.807, 2.05) is 18.3 Å². The Morgan fingerprint density at radius 3 is 2.76 bits per heavy atom. The summed E-state index contributed by atoms with van der Waals surface area (Å²) < 4.78 is 5.66. The van der Waals surface area contributed by atoms with Crippen molar-refractivity contribution in [2.75, 3.05) is 18.9 Å². The molecule has 2 heterocycles. The molecule has 1 aromatic carbocycles. The van der Waals surface area contributed by atoms with E-state index >= 15 is 0 Å². The summed E-state index contributed by atoms with van der Waals surface area (Å²) >= 11 is 0. The summed E-state index contributed by atoms with van der Waals surface area (Å²) in [5.74, 6) is 0.799. The second-order valence-corrected chi connectivity index (χ2v) is 6.42. The minimum absolute atomic E-state index is 0.208. The van der Waals surface area contributed by atoms with Crippen molar-refractivity contribution in [3.8, 4) is 0 Å². The van der Waals surface area contributed by atoms with Gasteiger partial charge >= 0.3 is 0 Å². The van der Waals surface area contributed by atoms with E-state index in [2.05, 4.69) is 46.3 Å². The lowest BCUT2D eigenvalue weighted by molar-refractivity contribution is 0.118. The van der Waals surface area contributed by atoms with Gasteiger partial charge in [-0.1, -0.05) is 43.7 Å². The van der Waals surface area contributed by atoms with E-state index in [0.29, 0.717) is 12.4 Å². The van der Waals surface area contributed by atoms with Gasteiger partial charge in [-0.05, 0) is 23.6 Å². The number of hydrogen-bond acceptors (Lipinski definition) is 5. The maximum Gasteiger partial charge on any atom is 0.127 e. The SMILES string of the molecule is CCCCOCc1ccc(CN2CC(c3cccnc3N)C=N2)cc1. The van der Waals surface area contributed by atoms with Crippen LogP contribution in [0, 0.1) is 0 Å². The minimum atomic E-state index is 0.208. The van der Waals surface area contributed by atoms with Gasteiger partial charge < -0.3 is 10.5 Å². The summed E-state index contributed by atoms with van der Waals surface area (Å²) in [5, 5.41) is 6.60. The lowest BCUT2D eigenvalue weighted by Gasteiger charge is -2.17. The zero-order chi connectivity index (χ0) is 17.5. The van der Waals surface area contributed by atoms with Crippen LogP contribution >= 0.6 is 0 Å². The van der Waals surface area contributed by atoms with Crippen molar-refractivity contribution in [2.45, 2.75) is 38.8 Å². The van der Waals surface area contributed by atoms with Gasteiger partial charge in [0.1, 0.15) is 5.82 Å². The van der Waals surface area contributed by atoms with Crippen LogP contribution in [0.25, 0.3) is 0 Å². The number of rotatable bonds is 8. The number of nitrogens with two attached hydrogens (primary N) is 1. The number of aromatic nitrogens is 1. The van der Waals surface area contributed by atoms with E-state index in [9.17, 15) is 0 Å². The van der Waals surface area contributed by atoms with E-state index < -0.39 is 0 Å². The second-order valence-electron chi connectivity index (χ2n) is 6.42. The van der Waals surface area contributed by atoms with Crippen LogP contribution in [0.1, 0.15) is 42.4 Å². The number of anilines is 1. The predicted octanol–water partition coefficient (Wildman–Crippen LogP) is 3.57. The van der Waals surface area contributed by atoms with Crippen molar-refractivity contribution in [3.05, 3.63) is 59.3 Å². The Morgan fingerprint density at radius 1 is 1.20 bits per heavy atom. The number of unbranched alkanes of at least 4 members (excludes halogenated alkanes) is 1. The zero-order valence-electron chi connectivity index (χ0n) is 14.8. The molecule has 0 aliphatic carbocycles. The number of hydrazone groups is 1. The summed E-state index contributed by atoms with van der Waals surface area (Å²) in [6, 6.07) is 12.5. The van der Waals surface area contributed by atoms with Crippen LogP contribution < -0.4 is 5.73 Å². The van der Waals surface area contributed by atoms with Gasteiger partial charge in [0, 0.05) is 37.0 Å². The maximum atomic E-state index is 5.97. The van der Waals surface area contributed by atoms with E-state index in [4.69, 9.17) is 10.5 Å². The molecule has 1 unspecified atom stereocenters. The molecule has 0 amide bonds. The fourth-order valence-electron chi connectivity index (χ4n) is 2.91. The summed E-state index contributed by atoms with van der Waals surface area (Å²) in [7, 11) is 0. The van der Waals surface area contributed by atoms with Crippen LogP contribution in [0.5, 0.6) is 0 Å². The Kier molecular flexibility index (Phi) is 6.01. The molecule has 0 bridgehead atoms. The average Bonchev–Trinajstić information content (AvgIpc) is 3.09. The monoisotopic (exact) mass is 338 g/mol. The number of nitrogen functional groups attached to an aromatic ring is 1. The van der Waals surface area contributed by atoms with Gasteiger partial charge in [-0.25, -0.2) is 4.98 Å². The van der Waals surface area contributed by atoms with Gasteiger partial charge in [0.2, 0.25) is 0 Å². The molecule has 1 aromatic heterocycles. The minimum Gasteiger partial charge on any atom is -0.383 e. The third kappa shape index (κ3) is 4.79. The van der Waals surface area contributed by atoms with Gasteiger partial charge in [-0.15, -0.1) is 0 Å². The van der Waals surface area contributed by atoms with Gasteiger partial charge in [0.15, 0.2) is 0 Å². The molecule has 5 nitrogen and oxygen atoms in total. The number of hydrogen-bond donors (Lipinski definition) is 1. The summed E-state index contributed by atoms with van der Waals surface area (Å²) in [6.45, 7) is 5.32. The lowest BCUT2D eigenvalue weighted by atomic mass is 10.0. The number of benzene rings is 1.